The van der Waals surface area contributed by atoms with Gasteiger partial charge in [-0.05, 0) is 42.0 Å². The maximum absolute atomic E-state index is 6.47. The van der Waals surface area contributed by atoms with E-state index in [4.69, 9.17) is 19.4 Å². The minimum atomic E-state index is 0.652. The van der Waals surface area contributed by atoms with Gasteiger partial charge in [-0.25, -0.2) is 15.0 Å². The van der Waals surface area contributed by atoms with E-state index in [0.717, 1.165) is 71.2 Å². The van der Waals surface area contributed by atoms with Gasteiger partial charge in [0.05, 0.1) is 21.4 Å². The highest BCUT2D eigenvalue weighted by Crippen LogP contribution is 2.45. The van der Waals surface area contributed by atoms with Gasteiger partial charge in [-0.15, -0.1) is 11.3 Å². The number of hydrogen-bond donors (Lipinski definition) is 0. The van der Waals surface area contributed by atoms with Crippen LogP contribution >= 0.6 is 11.3 Å². The Labute approximate surface area is 330 Å². The number of benzene rings is 8. The lowest BCUT2D eigenvalue weighted by molar-refractivity contribution is 0.670. The van der Waals surface area contributed by atoms with Crippen molar-refractivity contribution in [2.24, 2.45) is 0 Å². The molecule has 12 aromatic rings. The molecular formula is C51H30N4OS. The van der Waals surface area contributed by atoms with E-state index in [-0.39, 0.29) is 0 Å². The van der Waals surface area contributed by atoms with Gasteiger partial charge in [0.15, 0.2) is 17.5 Å². The second kappa shape index (κ2) is 12.6. The van der Waals surface area contributed by atoms with Crippen molar-refractivity contribution in [3.05, 3.63) is 182 Å². The fourth-order valence-corrected chi connectivity index (χ4v) is 9.77. The number of hydrogen-bond acceptors (Lipinski definition) is 5. The van der Waals surface area contributed by atoms with Crippen LogP contribution in [0.25, 0.3) is 115 Å². The maximum Gasteiger partial charge on any atom is 0.165 e. The predicted octanol–water partition coefficient (Wildman–Crippen LogP) is 13.9. The molecule has 6 heteroatoms. The Kier molecular flexibility index (Phi) is 7.03. The Morgan fingerprint density at radius 2 is 0.965 bits per heavy atom. The minimum absolute atomic E-state index is 0.652. The van der Waals surface area contributed by atoms with Gasteiger partial charge in [-0.3, -0.25) is 0 Å². The Hall–Kier alpha value is -7.41. The number of para-hydroxylation sites is 3. The van der Waals surface area contributed by atoms with Gasteiger partial charge in [0, 0.05) is 59.3 Å². The summed E-state index contributed by atoms with van der Waals surface area (Å²) in [4.78, 5) is 15.2. The lowest BCUT2D eigenvalue weighted by Gasteiger charge is -2.10. The fraction of sp³-hybridized carbons (Fsp3) is 0. The first-order valence-corrected chi connectivity index (χ1v) is 19.8. The van der Waals surface area contributed by atoms with E-state index in [2.05, 4.69) is 114 Å². The monoisotopic (exact) mass is 746 g/mol. The van der Waals surface area contributed by atoms with Crippen LogP contribution in [0.1, 0.15) is 0 Å². The molecule has 12 rings (SSSR count). The summed E-state index contributed by atoms with van der Waals surface area (Å²) < 4.78 is 11.3. The van der Waals surface area contributed by atoms with Crippen molar-refractivity contribution in [2.45, 2.75) is 0 Å². The topological polar surface area (TPSA) is 56.7 Å². The molecule has 0 amide bonds. The lowest BCUT2D eigenvalue weighted by atomic mass is 10.0. The van der Waals surface area contributed by atoms with E-state index in [1.165, 1.54) is 26.2 Å². The zero-order valence-electron chi connectivity index (χ0n) is 30.4. The van der Waals surface area contributed by atoms with Crippen molar-refractivity contribution in [3.8, 4) is 51.0 Å². The molecule has 0 aliphatic rings. The van der Waals surface area contributed by atoms with Crippen LogP contribution in [0.4, 0.5) is 0 Å². The summed E-state index contributed by atoms with van der Waals surface area (Å²) in [7, 11) is 0. The molecule has 0 saturated carbocycles. The van der Waals surface area contributed by atoms with E-state index in [9.17, 15) is 0 Å². The summed E-state index contributed by atoms with van der Waals surface area (Å²) in [5.74, 6) is 1.96. The van der Waals surface area contributed by atoms with Crippen LogP contribution in [-0.2, 0) is 0 Å². The summed E-state index contributed by atoms with van der Waals surface area (Å²) in [5.41, 5.74) is 10.4. The highest BCUT2D eigenvalue weighted by atomic mass is 32.1. The van der Waals surface area contributed by atoms with Crippen LogP contribution < -0.4 is 0 Å². The van der Waals surface area contributed by atoms with Crippen molar-refractivity contribution in [1.29, 1.82) is 0 Å². The summed E-state index contributed by atoms with van der Waals surface area (Å²) in [6.07, 6.45) is 0. The van der Waals surface area contributed by atoms with E-state index < -0.39 is 0 Å². The van der Waals surface area contributed by atoms with Gasteiger partial charge in [0.1, 0.15) is 11.2 Å². The van der Waals surface area contributed by atoms with Crippen LogP contribution in [-0.4, -0.2) is 19.5 Å². The first-order valence-electron chi connectivity index (χ1n) is 19.0. The predicted molar refractivity (Wildman–Crippen MR) is 236 cm³/mol. The molecule has 0 spiro atoms. The van der Waals surface area contributed by atoms with Gasteiger partial charge in [0.2, 0.25) is 0 Å². The van der Waals surface area contributed by atoms with Gasteiger partial charge < -0.3 is 8.98 Å². The normalized spacial score (nSPS) is 11.9. The molecule has 266 valence electrons. The zero-order valence-corrected chi connectivity index (χ0v) is 31.2. The Morgan fingerprint density at radius 3 is 1.74 bits per heavy atom. The molecule has 0 bridgehead atoms. The summed E-state index contributed by atoms with van der Waals surface area (Å²) in [6, 6.07) is 63.7. The van der Waals surface area contributed by atoms with Gasteiger partial charge in [-0.2, -0.15) is 0 Å². The number of furan rings is 1. The first kappa shape index (κ1) is 31.9. The number of aromatic nitrogens is 4. The molecule has 0 aliphatic heterocycles. The van der Waals surface area contributed by atoms with Crippen molar-refractivity contribution >= 4 is 75.3 Å². The molecule has 5 nitrogen and oxygen atoms in total. The summed E-state index contributed by atoms with van der Waals surface area (Å²) in [6.45, 7) is 0. The van der Waals surface area contributed by atoms with Crippen LogP contribution in [0.15, 0.2) is 186 Å². The smallest absolute Gasteiger partial charge is 0.165 e. The fourth-order valence-electron chi connectivity index (χ4n) is 8.46. The Morgan fingerprint density at radius 1 is 0.386 bits per heavy atom. The minimum Gasteiger partial charge on any atom is -0.455 e. The number of thiophene rings is 1. The second-order valence-electron chi connectivity index (χ2n) is 14.3. The van der Waals surface area contributed by atoms with Gasteiger partial charge in [-0.1, -0.05) is 146 Å². The molecule has 57 heavy (non-hydrogen) atoms. The third-order valence-electron chi connectivity index (χ3n) is 11.1. The molecule has 0 unspecified atom stereocenters. The number of nitrogens with zero attached hydrogens (tertiary/aromatic N) is 4. The quantitative estimate of drug-likeness (QED) is 0.176. The highest BCUT2D eigenvalue weighted by molar-refractivity contribution is 7.26. The molecule has 0 atom stereocenters. The average Bonchev–Trinajstić information content (AvgIpc) is 3.96. The van der Waals surface area contributed by atoms with E-state index in [0.29, 0.717) is 17.5 Å². The van der Waals surface area contributed by atoms with E-state index in [1.54, 1.807) is 11.3 Å². The molecule has 4 aromatic heterocycles. The zero-order chi connectivity index (χ0) is 37.5. The molecule has 0 saturated heterocycles. The van der Waals surface area contributed by atoms with Crippen molar-refractivity contribution in [1.82, 2.24) is 19.5 Å². The van der Waals surface area contributed by atoms with Crippen LogP contribution in [0.2, 0.25) is 0 Å². The molecule has 4 heterocycles. The lowest BCUT2D eigenvalue weighted by Crippen LogP contribution is -2.00. The van der Waals surface area contributed by atoms with Gasteiger partial charge >= 0.3 is 0 Å². The van der Waals surface area contributed by atoms with Crippen LogP contribution in [0, 0.1) is 0 Å². The molecule has 8 aromatic carbocycles. The van der Waals surface area contributed by atoms with Gasteiger partial charge in [0.25, 0.3) is 0 Å². The van der Waals surface area contributed by atoms with Crippen LogP contribution in [0.5, 0.6) is 0 Å². The van der Waals surface area contributed by atoms with Crippen molar-refractivity contribution in [2.75, 3.05) is 0 Å². The molecule has 0 aliphatic carbocycles. The van der Waals surface area contributed by atoms with E-state index in [1.807, 2.05) is 72.8 Å². The summed E-state index contributed by atoms with van der Waals surface area (Å²) in [5, 5.41) is 7.05. The molecular weight excluding hydrogens is 717 g/mol. The highest BCUT2D eigenvalue weighted by Gasteiger charge is 2.21. The first-order chi connectivity index (χ1) is 28.3. The molecule has 0 N–H and O–H groups in total. The third kappa shape index (κ3) is 4.98. The average molecular weight is 747 g/mol. The van der Waals surface area contributed by atoms with Crippen LogP contribution in [0.3, 0.4) is 0 Å². The van der Waals surface area contributed by atoms with Crippen molar-refractivity contribution < 1.29 is 4.42 Å². The summed E-state index contributed by atoms with van der Waals surface area (Å²) >= 11 is 1.80. The maximum atomic E-state index is 6.47. The Balaban J connectivity index is 1.06. The molecule has 0 fully saturated rings. The third-order valence-corrected chi connectivity index (χ3v) is 12.3. The largest absolute Gasteiger partial charge is 0.455 e. The second-order valence-corrected chi connectivity index (χ2v) is 15.4. The van der Waals surface area contributed by atoms with E-state index >= 15 is 0 Å². The van der Waals surface area contributed by atoms with Crippen molar-refractivity contribution in [3.63, 3.8) is 0 Å². The Bertz CT molecular complexity index is 3470. The number of rotatable bonds is 5. The molecule has 0 radical (unpaired) electrons. The SMILES string of the molecule is c1ccc(-c2nc(-c3ccccc3)nc(-c3cccc4c3sc3c(-n5c6ccccc6c6cc(-c7cccc8c7oc7ccccc78)ccc65)cccc34)n2)cc1. The standard InChI is InChI=1S/C51H30N4OS/c1-3-14-31(15-4-1)49-52-50(32-16-5-2-6-17-32)54-51(53-49)40-24-12-22-38-39-23-13-26-44(48(39)57-47(38)40)55-42-25-9-7-18-35(42)41-30-33(28-29-43(41)55)34-20-11-21-37-36-19-8-10-27-45(36)56-46(34)37/h1-30H. The number of fused-ring (bicyclic) bond motifs is 9.